The Hall–Kier alpha value is -3.67. The third kappa shape index (κ3) is 4.49. The van der Waals surface area contributed by atoms with Gasteiger partial charge < -0.3 is 10.6 Å². The summed E-state index contributed by atoms with van der Waals surface area (Å²) in [7, 11) is 0. The van der Waals surface area contributed by atoms with Gasteiger partial charge in [-0.15, -0.1) is 0 Å². The van der Waals surface area contributed by atoms with Crippen LogP contribution in [-0.2, 0) is 9.59 Å². The van der Waals surface area contributed by atoms with Crippen molar-refractivity contribution in [1.82, 2.24) is 10.2 Å². The van der Waals surface area contributed by atoms with E-state index in [1.807, 2.05) is 61.5 Å². The average Bonchev–Trinajstić information content (AvgIpc) is 3.53. The number of benzene rings is 2. The molecular formula is C24H24N4O2. The molecule has 30 heavy (non-hydrogen) atoms. The van der Waals surface area contributed by atoms with Crippen LogP contribution in [0.25, 0.3) is 11.1 Å². The fourth-order valence-corrected chi connectivity index (χ4v) is 3.29. The molecule has 0 saturated heterocycles. The van der Waals surface area contributed by atoms with E-state index >= 15 is 0 Å². The highest BCUT2D eigenvalue weighted by molar-refractivity contribution is 5.99. The van der Waals surface area contributed by atoms with Crippen molar-refractivity contribution in [2.75, 3.05) is 10.6 Å². The number of carbonyl (C=O) groups excluding carboxylic acids is 2. The first-order valence-electron chi connectivity index (χ1n) is 10.0. The normalized spacial score (nSPS) is 14.0. The van der Waals surface area contributed by atoms with Gasteiger partial charge in [-0.3, -0.25) is 14.7 Å². The van der Waals surface area contributed by atoms with Crippen LogP contribution in [0.5, 0.6) is 0 Å². The molecule has 1 aliphatic carbocycles. The molecule has 2 amide bonds. The Morgan fingerprint density at radius 2 is 1.70 bits per heavy atom. The summed E-state index contributed by atoms with van der Waals surface area (Å²) in [5.74, 6) is 0.531. The van der Waals surface area contributed by atoms with Crippen LogP contribution >= 0.6 is 0 Å². The molecule has 1 saturated carbocycles. The van der Waals surface area contributed by atoms with Crippen molar-refractivity contribution in [2.45, 2.75) is 31.6 Å². The van der Waals surface area contributed by atoms with Crippen molar-refractivity contribution in [1.29, 1.82) is 0 Å². The predicted molar refractivity (Wildman–Crippen MR) is 118 cm³/mol. The third-order valence-electron chi connectivity index (χ3n) is 5.34. The van der Waals surface area contributed by atoms with E-state index in [1.165, 1.54) is 18.9 Å². The molecule has 1 aliphatic rings. The van der Waals surface area contributed by atoms with Crippen molar-refractivity contribution < 1.29 is 9.59 Å². The van der Waals surface area contributed by atoms with Crippen molar-refractivity contribution in [3.8, 4) is 11.1 Å². The molecule has 2 aromatic carbocycles. The average molecular weight is 400 g/mol. The van der Waals surface area contributed by atoms with Crippen LogP contribution < -0.4 is 10.6 Å². The number of hydrogen-bond donors (Lipinski definition) is 3. The zero-order valence-electron chi connectivity index (χ0n) is 16.8. The van der Waals surface area contributed by atoms with Crippen molar-refractivity contribution >= 4 is 23.3 Å². The Morgan fingerprint density at radius 1 is 1.07 bits per heavy atom. The van der Waals surface area contributed by atoms with Gasteiger partial charge in [-0.25, -0.2) is 0 Å². The molecule has 1 heterocycles. The van der Waals surface area contributed by atoms with Crippen LogP contribution in [-0.4, -0.2) is 22.0 Å². The number of anilines is 2. The zero-order valence-corrected chi connectivity index (χ0v) is 16.8. The summed E-state index contributed by atoms with van der Waals surface area (Å²) in [6, 6.07) is 17.4. The monoisotopic (exact) mass is 400 g/mol. The smallest absolute Gasteiger partial charge is 0.247 e. The van der Waals surface area contributed by atoms with Crippen LogP contribution in [0.3, 0.4) is 0 Å². The van der Waals surface area contributed by atoms with Gasteiger partial charge in [0.1, 0.15) is 0 Å². The molecule has 0 spiro atoms. The summed E-state index contributed by atoms with van der Waals surface area (Å²) >= 11 is 0. The maximum Gasteiger partial charge on any atom is 0.247 e. The van der Waals surface area contributed by atoms with Gasteiger partial charge in [0.15, 0.2) is 5.82 Å². The summed E-state index contributed by atoms with van der Waals surface area (Å²) in [6.07, 6.45) is 3.61. The second-order valence-electron chi connectivity index (χ2n) is 7.59. The minimum absolute atomic E-state index is 0.0843. The standard InChI is InChI=1S/C24H24N4O2/c1-3-23(29)25-20-12-10-18(11-13-20)17-6-4-16(5-7-17)15(2)24(30)26-22-14-21(27-28-22)19-8-9-19/h3-7,10-15,19H,1,8-9H2,2H3,(H,25,29)(H2,26,27,28,30)/t15-/m0/s1. The Labute approximate surface area is 175 Å². The number of aromatic nitrogens is 2. The summed E-state index contributed by atoms with van der Waals surface area (Å²) in [4.78, 5) is 24.0. The number of nitrogens with one attached hydrogen (secondary N) is 3. The molecule has 0 bridgehead atoms. The fourth-order valence-electron chi connectivity index (χ4n) is 3.29. The third-order valence-corrected chi connectivity index (χ3v) is 5.34. The first-order chi connectivity index (χ1) is 14.5. The van der Waals surface area contributed by atoms with Crippen LogP contribution in [0.2, 0.25) is 0 Å². The molecule has 0 radical (unpaired) electrons. The molecule has 3 aromatic rings. The van der Waals surface area contributed by atoms with Gasteiger partial charge in [0.05, 0.1) is 5.92 Å². The Bertz CT molecular complexity index is 1060. The number of amides is 2. The summed E-state index contributed by atoms with van der Waals surface area (Å²) in [5.41, 5.74) is 4.81. The lowest BCUT2D eigenvalue weighted by Gasteiger charge is -2.12. The molecule has 1 fully saturated rings. The van der Waals surface area contributed by atoms with Gasteiger partial charge in [0.2, 0.25) is 11.8 Å². The minimum Gasteiger partial charge on any atom is -0.323 e. The van der Waals surface area contributed by atoms with E-state index in [1.54, 1.807) is 0 Å². The minimum atomic E-state index is -0.295. The van der Waals surface area contributed by atoms with E-state index in [2.05, 4.69) is 27.4 Å². The highest BCUT2D eigenvalue weighted by Crippen LogP contribution is 2.39. The lowest BCUT2D eigenvalue weighted by molar-refractivity contribution is -0.117. The second-order valence-corrected chi connectivity index (χ2v) is 7.59. The molecule has 6 nitrogen and oxygen atoms in total. The maximum absolute atomic E-state index is 12.6. The zero-order chi connectivity index (χ0) is 21.1. The van der Waals surface area contributed by atoms with Gasteiger partial charge in [-0.05, 0) is 54.7 Å². The lowest BCUT2D eigenvalue weighted by Crippen LogP contribution is -2.19. The van der Waals surface area contributed by atoms with Gasteiger partial charge >= 0.3 is 0 Å². The number of hydrogen-bond acceptors (Lipinski definition) is 3. The molecule has 1 aromatic heterocycles. The molecule has 0 unspecified atom stereocenters. The Kier molecular flexibility index (Phi) is 5.48. The summed E-state index contributed by atoms with van der Waals surface area (Å²) in [6.45, 7) is 5.33. The van der Waals surface area contributed by atoms with Gasteiger partial charge in [0.25, 0.3) is 0 Å². The molecule has 152 valence electrons. The highest BCUT2D eigenvalue weighted by atomic mass is 16.2. The first-order valence-corrected chi connectivity index (χ1v) is 10.0. The number of carbonyl (C=O) groups is 2. The number of nitrogens with zero attached hydrogens (tertiary/aromatic N) is 1. The molecule has 1 atom stereocenters. The molecule has 0 aliphatic heterocycles. The second kappa shape index (κ2) is 8.37. The predicted octanol–water partition coefficient (Wildman–Crippen LogP) is 4.82. The first kappa shape index (κ1) is 19.6. The summed E-state index contributed by atoms with van der Waals surface area (Å²) in [5, 5.41) is 12.8. The van der Waals surface area contributed by atoms with E-state index in [0.29, 0.717) is 17.4 Å². The SMILES string of the molecule is C=CC(=O)Nc1ccc(-c2ccc([C@H](C)C(=O)Nc3cc(C4CC4)[nH]n3)cc2)cc1. The molecular weight excluding hydrogens is 376 g/mol. The Morgan fingerprint density at radius 3 is 2.30 bits per heavy atom. The maximum atomic E-state index is 12.6. The number of rotatable bonds is 7. The van der Waals surface area contributed by atoms with Crippen molar-refractivity contribution in [3.05, 3.63) is 78.5 Å². The number of H-pyrrole nitrogens is 1. The van der Waals surface area contributed by atoms with E-state index in [9.17, 15) is 9.59 Å². The van der Waals surface area contributed by atoms with E-state index < -0.39 is 0 Å². The van der Waals surface area contributed by atoms with Gasteiger partial charge in [-0.1, -0.05) is 43.0 Å². The highest BCUT2D eigenvalue weighted by Gasteiger charge is 2.26. The molecule has 3 N–H and O–H groups in total. The van der Waals surface area contributed by atoms with Gasteiger partial charge in [-0.2, -0.15) is 5.10 Å². The lowest BCUT2D eigenvalue weighted by atomic mass is 9.97. The van der Waals surface area contributed by atoms with Crippen LogP contribution in [0.15, 0.2) is 67.3 Å². The largest absolute Gasteiger partial charge is 0.323 e. The molecule has 6 heteroatoms. The van der Waals surface area contributed by atoms with Crippen LogP contribution in [0.1, 0.15) is 42.9 Å². The van der Waals surface area contributed by atoms with Gasteiger partial charge in [0, 0.05) is 23.4 Å². The van der Waals surface area contributed by atoms with E-state index in [0.717, 1.165) is 22.4 Å². The molecule has 4 rings (SSSR count). The van der Waals surface area contributed by atoms with E-state index in [-0.39, 0.29) is 17.7 Å². The van der Waals surface area contributed by atoms with E-state index in [4.69, 9.17) is 0 Å². The summed E-state index contributed by atoms with van der Waals surface area (Å²) < 4.78 is 0. The van der Waals surface area contributed by atoms with Crippen LogP contribution in [0, 0.1) is 0 Å². The van der Waals surface area contributed by atoms with Crippen molar-refractivity contribution in [3.63, 3.8) is 0 Å². The van der Waals surface area contributed by atoms with Crippen molar-refractivity contribution in [2.24, 2.45) is 0 Å². The Balaban J connectivity index is 1.39. The quantitative estimate of drug-likeness (QED) is 0.497. The number of aromatic amines is 1. The van der Waals surface area contributed by atoms with Crippen LogP contribution in [0.4, 0.5) is 11.5 Å². The fraction of sp³-hybridized carbons (Fsp3) is 0.208. The topological polar surface area (TPSA) is 86.9 Å².